The smallest absolute Gasteiger partial charge is 0.129 e. The van der Waals surface area contributed by atoms with Crippen LogP contribution in [-0.2, 0) is 6.42 Å². The third kappa shape index (κ3) is 3.53. The van der Waals surface area contributed by atoms with Gasteiger partial charge in [-0.05, 0) is 49.7 Å². The average molecular weight is 267 g/mol. The summed E-state index contributed by atoms with van der Waals surface area (Å²) in [5, 5.41) is 3.51. The zero-order valence-electron chi connectivity index (χ0n) is 11.8. The summed E-state index contributed by atoms with van der Waals surface area (Å²) in [6, 6.07) is 4.75. The highest BCUT2D eigenvalue weighted by atomic mass is 19.1. The van der Waals surface area contributed by atoms with Gasteiger partial charge >= 0.3 is 0 Å². The van der Waals surface area contributed by atoms with E-state index in [1.807, 2.05) is 0 Å². The van der Waals surface area contributed by atoms with Gasteiger partial charge in [-0.25, -0.2) is 8.78 Å². The van der Waals surface area contributed by atoms with Gasteiger partial charge in [-0.2, -0.15) is 0 Å². The Morgan fingerprint density at radius 1 is 1.16 bits per heavy atom. The molecule has 1 aromatic carbocycles. The van der Waals surface area contributed by atoms with E-state index < -0.39 is 11.6 Å². The maximum atomic E-state index is 13.8. The number of benzene rings is 1. The Bertz CT molecular complexity index is 403. The predicted molar refractivity (Wildman–Crippen MR) is 74.1 cm³/mol. The minimum absolute atomic E-state index is 0.0500. The van der Waals surface area contributed by atoms with Crippen LogP contribution in [0.1, 0.15) is 45.1 Å². The summed E-state index contributed by atoms with van der Waals surface area (Å²) in [6.45, 7) is 5.06. The highest BCUT2D eigenvalue weighted by Crippen LogP contribution is 2.33. The molecule has 0 heterocycles. The van der Waals surface area contributed by atoms with Crippen LogP contribution in [0.2, 0.25) is 0 Å². The van der Waals surface area contributed by atoms with E-state index in [0.29, 0.717) is 12.5 Å². The van der Waals surface area contributed by atoms with Crippen molar-refractivity contribution in [3.63, 3.8) is 0 Å². The Labute approximate surface area is 114 Å². The van der Waals surface area contributed by atoms with Crippen molar-refractivity contribution in [2.24, 2.45) is 5.41 Å². The summed E-state index contributed by atoms with van der Waals surface area (Å²) in [6.07, 6.45) is 4.79. The van der Waals surface area contributed by atoms with Gasteiger partial charge in [-0.15, -0.1) is 0 Å². The second-order valence-electron chi connectivity index (χ2n) is 5.74. The van der Waals surface area contributed by atoms with Gasteiger partial charge in [-0.3, -0.25) is 0 Å². The van der Waals surface area contributed by atoms with Crippen molar-refractivity contribution < 1.29 is 8.78 Å². The summed E-state index contributed by atoms with van der Waals surface area (Å²) < 4.78 is 27.6. The van der Waals surface area contributed by atoms with Crippen LogP contribution in [0.5, 0.6) is 0 Å². The molecule has 0 radical (unpaired) electrons. The molecule has 1 aromatic rings. The van der Waals surface area contributed by atoms with E-state index in [1.165, 1.54) is 31.0 Å². The monoisotopic (exact) mass is 267 g/mol. The summed E-state index contributed by atoms with van der Waals surface area (Å²) >= 11 is 0. The zero-order chi connectivity index (χ0) is 13.9. The second kappa shape index (κ2) is 6.00. The van der Waals surface area contributed by atoms with E-state index in [-0.39, 0.29) is 11.0 Å². The van der Waals surface area contributed by atoms with Gasteiger partial charge in [0.2, 0.25) is 0 Å². The van der Waals surface area contributed by atoms with Crippen molar-refractivity contribution in [2.75, 3.05) is 6.54 Å². The molecule has 2 rings (SSSR count). The molecule has 1 aliphatic rings. The van der Waals surface area contributed by atoms with Crippen molar-refractivity contribution >= 4 is 0 Å². The molecule has 106 valence electrons. The van der Waals surface area contributed by atoms with Gasteiger partial charge in [0, 0.05) is 18.2 Å². The third-order valence-corrected chi connectivity index (χ3v) is 4.46. The Morgan fingerprint density at radius 3 is 2.21 bits per heavy atom. The summed E-state index contributed by atoms with van der Waals surface area (Å²) in [5.41, 5.74) is 0.190. The normalized spacial score (nSPS) is 15.8. The minimum Gasteiger partial charge on any atom is -0.313 e. The van der Waals surface area contributed by atoms with Gasteiger partial charge in [0.25, 0.3) is 0 Å². The molecular weight excluding hydrogens is 244 g/mol. The van der Waals surface area contributed by atoms with Gasteiger partial charge in [0.05, 0.1) is 0 Å². The Balaban J connectivity index is 2.14. The molecule has 0 saturated heterocycles. The van der Waals surface area contributed by atoms with Crippen molar-refractivity contribution in [1.29, 1.82) is 0 Å². The largest absolute Gasteiger partial charge is 0.313 e. The van der Waals surface area contributed by atoms with E-state index in [0.717, 1.165) is 19.4 Å². The zero-order valence-corrected chi connectivity index (χ0v) is 11.8. The summed E-state index contributed by atoms with van der Waals surface area (Å²) in [4.78, 5) is 0. The number of hydrogen-bond donors (Lipinski definition) is 1. The topological polar surface area (TPSA) is 12.0 Å². The lowest BCUT2D eigenvalue weighted by molar-refractivity contribution is 0.239. The molecule has 1 saturated carbocycles. The fourth-order valence-corrected chi connectivity index (χ4v) is 2.54. The fourth-order valence-electron chi connectivity index (χ4n) is 2.54. The standard InChI is InChI=1S/C16H23F2N/c1-3-16(4-2,11-19-12-8-9-12)10-13-14(17)6-5-7-15(13)18/h5-7,12,19H,3-4,8-11H2,1-2H3. The summed E-state index contributed by atoms with van der Waals surface area (Å²) in [5.74, 6) is -0.838. The first-order valence-corrected chi connectivity index (χ1v) is 7.26. The molecule has 19 heavy (non-hydrogen) atoms. The highest BCUT2D eigenvalue weighted by molar-refractivity contribution is 5.21. The predicted octanol–water partition coefficient (Wildman–Crippen LogP) is 4.07. The maximum absolute atomic E-state index is 13.8. The third-order valence-electron chi connectivity index (χ3n) is 4.46. The van der Waals surface area contributed by atoms with Crippen molar-refractivity contribution in [2.45, 2.75) is 52.0 Å². The first-order chi connectivity index (χ1) is 9.10. The first-order valence-electron chi connectivity index (χ1n) is 7.26. The molecule has 1 aliphatic carbocycles. The molecule has 0 unspecified atom stereocenters. The molecule has 0 spiro atoms. The fraction of sp³-hybridized carbons (Fsp3) is 0.625. The molecule has 0 aromatic heterocycles. The van der Waals surface area contributed by atoms with E-state index in [1.54, 1.807) is 0 Å². The highest BCUT2D eigenvalue weighted by Gasteiger charge is 2.31. The van der Waals surface area contributed by atoms with Crippen LogP contribution in [0.25, 0.3) is 0 Å². The number of rotatable bonds is 7. The lowest BCUT2D eigenvalue weighted by atomic mass is 9.76. The van der Waals surface area contributed by atoms with Crippen LogP contribution in [0.4, 0.5) is 8.78 Å². The first kappa shape index (κ1) is 14.4. The Morgan fingerprint density at radius 2 is 1.74 bits per heavy atom. The lowest BCUT2D eigenvalue weighted by Gasteiger charge is -2.32. The van der Waals surface area contributed by atoms with Gasteiger partial charge in [0.15, 0.2) is 0 Å². The van der Waals surface area contributed by atoms with Crippen molar-refractivity contribution in [3.05, 3.63) is 35.4 Å². The molecule has 1 N–H and O–H groups in total. The van der Waals surface area contributed by atoms with Gasteiger partial charge < -0.3 is 5.32 Å². The van der Waals surface area contributed by atoms with Crippen LogP contribution in [0.3, 0.4) is 0 Å². The van der Waals surface area contributed by atoms with Crippen LogP contribution in [0, 0.1) is 17.0 Å². The average Bonchev–Trinajstić information content (AvgIpc) is 3.22. The van der Waals surface area contributed by atoms with Gasteiger partial charge in [-0.1, -0.05) is 19.9 Å². The molecule has 0 amide bonds. The number of hydrogen-bond acceptors (Lipinski definition) is 1. The molecule has 0 aliphatic heterocycles. The molecule has 3 heteroatoms. The molecule has 1 nitrogen and oxygen atoms in total. The molecule has 0 bridgehead atoms. The van der Waals surface area contributed by atoms with E-state index in [9.17, 15) is 8.78 Å². The Kier molecular flexibility index (Phi) is 4.56. The molecular formula is C16H23F2N. The second-order valence-corrected chi connectivity index (χ2v) is 5.74. The van der Waals surface area contributed by atoms with Crippen LogP contribution in [0.15, 0.2) is 18.2 Å². The maximum Gasteiger partial charge on any atom is 0.129 e. The van der Waals surface area contributed by atoms with E-state index >= 15 is 0 Å². The molecule has 1 fully saturated rings. The lowest BCUT2D eigenvalue weighted by Crippen LogP contribution is -2.36. The van der Waals surface area contributed by atoms with Crippen LogP contribution >= 0.6 is 0 Å². The quantitative estimate of drug-likeness (QED) is 0.785. The van der Waals surface area contributed by atoms with Gasteiger partial charge in [0.1, 0.15) is 11.6 Å². The van der Waals surface area contributed by atoms with Crippen LogP contribution < -0.4 is 5.32 Å². The number of nitrogens with one attached hydrogen (secondary N) is 1. The van der Waals surface area contributed by atoms with E-state index in [2.05, 4.69) is 19.2 Å². The SMILES string of the molecule is CCC(CC)(CNC1CC1)Cc1c(F)cccc1F. The Hall–Kier alpha value is -0.960. The van der Waals surface area contributed by atoms with Crippen molar-refractivity contribution in [1.82, 2.24) is 5.32 Å². The number of halogens is 2. The summed E-state index contributed by atoms with van der Waals surface area (Å²) in [7, 11) is 0. The van der Waals surface area contributed by atoms with Crippen LogP contribution in [-0.4, -0.2) is 12.6 Å². The molecule has 0 atom stereocenters. The van der Waals surface area contributed by atoms with Crippen molar-refractivity contribution in [3.8, 4) is 0 Å². The van der Waals surface area contributed by atoms with E-state index in [4.69, 9.17) is 0 Å². The minimum atomic E-state index is -0.419.